The van der Waals surface area contributed by atoms with Crippen LogP contribution >= 0.6 is 0 Å². The summed E-state index contributed by atoms with van der Waals surface area (Å²) in [6.45, 7) is 1.88. The van der Waals surface area contributed by atoms with Gasteiger partial charge in [-0.2, -0.15) is 8.78 Å². The maximum absolute atomic E-state index is 15.0. The van der Waals surface area contributed by atoms with Crippen LogP contribution in [0.3, 0.4) is 0 Å². The zero-order valence-corrected chi connectivity index (χ0v) is 18.7. The lowest BCUT2D eigenvalue weighted by Gasteiger charge is -2.32. The fourth-order valence-electron chi connectivity index (χ4n) is 4.71. The fraction of sp³-hybridized carbons (Fsp3) is 0.500. The van der Waals surface area contributed by atoms with Gasteiger partial charge in [0, 0.05) is 5.56 Å². The molecule has 1 aliphatic heterocycles. The molecule has 2 atom stereocenters. The van der Waals surface area contributed by atoms with Crippen molar-refractivity contribution in [3.8, 4) is 0 Å². The number of rotatable bonds is 6. The number of anilines is 2. The van der Waals surface area contributed by atoms with Crippen molar-refractivity contribution in [2.75, 3.05) is 17.2 Å². The lowest BCUT2D eigenvalue weighted by Crippen LogP contribution is -2.31. The number of hydrogen-bond acceptors (Lipinski definition) is 6. The highest BCUT2D eigenvalue weighted by Crippen LogP contribution is 2.39. The number of benzene rings is 1. The molecule has 0 amide bonds. The molecule has 1 unspecified atom stereocenters. The number of aliphatic hydroxyl groups is 2. The fourth-order valence-corrected chi connectivity index (χ4v) is 4.71. The molecule has 33 heavy (non-hydrogen) atoms. The van der Waals surface area contributed by atoms with Gasteiger partial charge >= 0.3 is 0 Å². The van der Waals surface area contributed by atoms with Gasteiger partial charge in [0.25, 0.3) is 5.92 Å². The van der Waals surface area contributed by atoms with Gasteiger partial charge in [-0.05, 0) is 50.3 Å². The first kappa shape index (κ1) is 23.5. The van der Waals surface area contributed by atoms with Gasteiger partial charge in [0.1, 0.15) is 36.1 Å². The molecular weight excluding hydrogens is 433 g/mol. The lowest BCUT2D eigenvalue weighted by molar-refractivity contribution is -0.0583. The van der Waals surface area contributed by atoms with Crippen LogP contribution in [-0.4, -0.2) is 33.0 Å². The molecule has 0 saturated heterocycles. The maximum atomic E-state index is 15.0. The summed E-state index contributed by atoms with van der Waals surface area (Å²) >= 11 is 0. The van der Waals surface area contributed by atoms with E-state index in [2.05, 4.69) is 20.6 Å². The topological polar surface area (TPSA) is 90.3 Å². The summed E-state index contributed by atoms with van der Waals surface area (Å²) in [5.74, 6) is -3.15. The SMILES string of the molecule is Cc1nc2c(c(N[C@H](C)c3cccc(C(F)(F)CO)c3F)n1)C=C(C1CCCCC1)C(O)N2. The molecule has 4 rings (SSSR count). The second-order valence-electron chi connectivity index (χ2n) is 8.85. The highest BCUT2D eigenvalue weighted by Gasteiger charge is 2.35. The van der Waals surface area contributed by atoms with E-state index in [1.807, 2.05) is 6.08 Å². The molecule has 0 radical (unpaired) electrons. The van der Waals surface area contributed by atoms with Gasteiger partial charge in [0.15, 0.2) is 0 Å². The largest absolute Gasteiger partial charge is 0.390 e. The molecule has 178 valence electrons. The predicted octanol–water partition coefficient (Wildman–Crippen LogP) is 4.89. The maximum Gasteiger partial charge on any atom is 0.298 e. The molecule has 1 saturated carbocycles. The van der Waals surface area contributed by atoms with Crippen LogP contribution in [0.2, 0.25) is 0 Å². The van der Waals surface area contributed by atoms with E-state index in [-0.39, 0.29) is 11.5 Å². The van der Waals surface area contributed by atoms with Crippen molar-refractivity contribution in [1.82, 2.24) is 9.97 Å². The Balaban J connectivity index is 1.68. The van der Waals surface area contributed by atoms with Crippen LogP contribution in [-0.2, 0) is 5.92 Å². The molecule has 1 fully saturated rings. The molecule has 1 aromatic carbocycles. The quantitative estimate of drug-likeness (QED) is 0.489. The molecule has 2 aromatic rings. The second-order valence-corrected chi connectivity index (χ2v) is 8.85. The monoisotopic (exact) mass is 462 g/mol. The summed E-state index contributed by atoms with van der Waals surface area (Å²) in [5, 5.41) is 25.8. The summed E-state index contributed by atoms with van der Waals surface area (Å²) in [5.41, 5.74) is 0.712. The van der Waals surface area contributed by atoms with Crippen LogP contribution in [0.5, 0.6) is 0 Å². The van der Waals surface area contributed by atoms with Gasteiger partial charge in [-0.15, -0.1) is 0 Å². The molecule has 2 aliphatic rings. The van der Waals surface area contributed by atoms with Crippen molar-refractivity contribution in [1.29, 1.82) is 0 Å². The van der Waals surface area contributed by atoms with Crippen molar-refractivity contribution in [3.05, 3.63) is 52.1 Å². The van der Waals surface area contributed by atoms with Crippen LogP contribution in [0.4, 0.5) is 24.8 Å². The Bertz CT molecular complexity index is 1050. The van der Waals surface area contributed by atoms with E-state index in [1.54, 1.807) is 13.8 Å². The second kappa shape index (κ2) is 9.30. The average molecular weight is 463 g/mol. The molecule has 2 heterocycles. The van der Waals surface area contributed by atoms with Gasteiger partial charge in [-0.25, -0.2) is 14.4 Å². The Kier molecular flexibility index (Phi) is 6.63. The van der Waals surface area contributed by atoms with Crippen LogP contribution in [0.25, 0.3) is 6.08 Å². The Labute approximate surface area is 191 Å². The summed E-state index contributed by atoms with van der Waals surface area (Å²) < 4.78 is 42.9. The van der Waals surface area contributed by atoms with Crippen molar-refractivity contribution < 1.29 is 23.4 Å². The third-order valence-electron chi connectivity index (χ3n) is 6.48. The van der Waals surface area contributed by atoms with Gasteiger partial charge in [-0.3, -0.25) is 0 Å². The first-order chi connectivity index (χ1) is 15.7. The Morgan fingerprint density at radius 2 is 1.94 bits per heavy atom. The molecule has 0 bridgehead atoms. The van der Waals surface area contributed by atoms with E-state index in [0.29, 0.717) is 23.0 Å². The Morgan fingerprint density at radius 1 is 1.21 bits per heavy atom. The molecule has 9 heteroatoms. The number of aryl methyl sites for hydroxylation is 1. The zero-order valence-electron chi connectivity index (χ0n) is 18.7. The van der Waals surface area contributed by atoms with Crippen LogP contribution < -0.4 is 10.6 Å². The Morgan fingerprint density at radius 3 is 2.64 bits per heavy atom. The zero-order chi connectivity index (χ0) is 23.8. The number of halogens is 3. The molecule has 1 aliphatic carbocycles. The molecule has 4 N–H and O–H groups in total. The number of nitrogens with one attached hydrogen (secondary N) is 2. The van der Waals surface area contributed by atoms with Gasteiger partial charge in [0.05, 0.1) is 17.2 Å². The van der Waals surface area contributed by atoms with Crippen molar-refractivity contribution in [2.45, 2.75) is 64.1 Å². The lowest BCUT2D eigenvalue weighted by atomic mass is 9.81. The number of alkyl halides is 2. The summed E-state index contributed by atoms with van der Waals surface area (Å²) in [6.07, 6.45) is 6.48. The van der Waals surface area contributed by atoms with Gasteiger partial charge < -0.3 is 20.8 Å². The van der Waals surface area contributed by atoms with Crippen LogP contribution in [0.1, 0.15) is 67.6 Å². The predicted molar refractivity (Wildman–Crippen MR) is 120 cm³/mol. The summed E-state index contributed by atoms with van der Waals surface area (Å²) in [7, 11) is 0. The number of nitrogens with zero attached hydrogens (tertiary/aromatic N) is 2. The molecule has 6 nitrogen and oxygen atoms in total. The summed E-state index contributed by atoms with van der Waals surface area (Å²) in [4.78, 5) is 8.87. The van der Waals surface area contributed by atoms with Gasteiger partial charge in [0.2, 0.25) is 0 Å². The van der Waals surface area contributed by atoms with E-state index >= 15 is 0 Å². The first-order valence-corrected chi connectivity index (χ1v) is 11.3. The smallest absolute Gasteiger partial charge is 0.298 e. The van der Waals surface area contributed by atoms with E-state index < -0.39 is 36.2 Å². The van der Waals surface area contributed by atoms with Crippen molar-refractivity contribution in [3.63, 3.8) is 0 Å². The number of hydrogen-bond donors (Lipinski definition) is 4. The average Bonchev–Trinajstić information content (AvgIpc) is 2.79. The van der Waals surface area contributed by atoms with Gasteiger partial charge in [-0.1, -0.05) is 31.4 Å². The Hall–Kier alpha value is -2.65. The highest BCUT2D eigenvalue weighted by atomic mass is 19.3. The number of fused-ring (bicyclic) bond motifs is 1. The summed E-state index contributed by atoms with van der Waals surface area (Å²) in [6, 6.07) is 3.05. The minimum absolute atomic E-state index is 0.0333. The minimum Gasteiger partial charge on any atom is -0.390 e. The van der Waals surface area contributed by atoms with E-state index in [4.69, 9.17) is 5.11 Å². The third kappa shape index (κ3) is 4.70. The minimum atomic E-state index is -3.68. The van der Waals surface area contributed by atoms with Crippen LogP contribution in [0, 0.1) is 18.7 Å². The van der Waals surface area contributed by atoms with Crippen LogP contribution in [0.15, 0.2) is 23.8 Å². The number of aromatic nitrogens is 2. The highest BCUT2D eigenvalue weighted by molar-refractivity contribution is 5.78. The van der Waals surface area contributed by atoms with E-state index in [1.165, 1.54) is 18.6 Å². The number of aliphatic hydroxyl groups excluding tert-OH is 2. The van der Waals surface area contributed by atoms with Crippen molar-refractivity contribution in [2.24, 2.45) is 5.92 Å². The van der Waals surface area contributed by atoms with Crippen molar-refractivity contribution >= 4 is 17.7 Å². The third-order valence-corrected chi connectivity index (χ3v) is 6.48. The molecule has 0 spiro atoms. The molecular formula is C24H29F3N4O2. The van der Waals surface area contributed by atoms with E-state index in [9.17, 15) is 18.3 Å². The standard InChI is InChI=1S/C24H29F3N4O2/c1-13(16-9-6-10-19(20(16)25)24(26,27)12-32)28-21-18-11-17(15-7-4-3-5-8-15)23(33)31-22(18)30-14(2)29-21/h6,9-11,13,15,23,32-33H,3-5,7-8,12H2,1-2H3,(H2,28,29,30,31)/t13-,23?/m1/s1. The van der Waals surface area contributed by atoms with E-state index in [0.717, 1.165) is 37.3 Å². The normalized spacial score (nSPS) is 20.0. The molecule has 1 aromatic heterocycles. The first-order valence-electron chi connectivity index (χ1n) is 11.3.